The Morgan fingerprint density at radius 2 is 0.633 bits per heavy atom. The highest BCUT2D eigenvalue weighted by Gasteiger charge is 2.19. The van der Waals surface area contributed by atoms with Crippen LogP contribution in [0.3, 0.4) is 0 Å². The van der Waals surface area contributed by atoms with E-state index in [1.807, 2.05) is 0 Å². The monoisotopic (exact) mass is 849 g/mol. The van der Waals surface area contributed by atoms with Gasteiger partial charge in [0.05, 0.1) is 0 Å². The minimum atomic E-state index is -0.762. The second-order valence-corrected chi connectivity index (χ2v) is 19.2. The first-order chi connectivity index (χ1) is 29.3. The van der Waals surface area contributed by atoms with E-state index in [2.05, 4.69) is 34.6 Å². The molecule has 0 bridgehead atoms. The van der Waals surface area contributed by atoms with Gasteiger partial charge in [0, 0.05) is 19.3 Å². The van der Waals surface area contributed by atoms with Gasteiger partial charge in [0.1, 0.15) is 13.2 Å². The molecule has 0 saturated heterocycles. The van der Waals surface area contributed by atoms with Crippen LogP contribution in [0.4, 0.5) is 0 Å². The van der Waals surface area contributed by atoms with Gasteiger partial charge in [0.2, 0.25) is 0 Å². The Kier molecular flexibility index (Phi) is 45.7. The molecule has 0 amide bonds. The maximum Gasteiger partial charge on any atom is 0.306 e. The normalized spacial score (nSPS) is 12.5. The fourth-order valence-electron chi connectivity index (χ4n) is 8.13. The number of unbranched alkanes of at least 4 members (excludes halogenated alkanes) is 32. The van der Waals surface area contributed by atoms with Gasteiger partial charge in [0.25, 0.3) is 0 Å². The van der Waals surface area contributed by atoms with E-state index < -0.39 is 6.10 Å². The molecule has 0 spiro atoms. The molecule has 2 atom stereocenters. The molecule has 0 fully saturated rings. The zero-order chi connectivity index (χ0) is 44.0. The number of hydrogen-bond acceptors (Lipinski definition) is 6. The molecule has 60 heavy (non-hydrogen) atoms. The van der Waals surface area contributed by atoms with E-state index in [0.717, 1.165) is 69.6 Å². The van der Waals surface area contributed by atoms with Crippen molar-refractivity contribution in [1.29, 1.82) is 0 Å². The Labute approximate surface area is 374 Å². The van der Waals surface area contributed by atoms with Gasteiger partial charge >= 0.3 is 17.9 Å². The molecule has 0 aromatic rings. The quantitative estimate of drug-likeness (QED) is 0.0345. The predicted molar refractivity (Wildman–Crippen MR) is 256 cm³/mol. The average molecular weight is 849 g/mol. The van der Waals surface area contributed by atoms with E-state index in [9.17, 15) is 14.4 Å². The molecule has 0 aliphatic carbocycles. The third-order valence-corrected chi connectivity index (χ3v) is 12.6. The number of rotatable bonds is 48. The van der Waals surface area contributed by atoms with Crippen LogP contribution < -0.4 is 0 Å². The van der Waals surface area contributed by atoms with E-state index in [4.69, 9.17) is 14.2 Å². The fourth-order valence-corrected chi connectivity index (χ4v) is 8.13. The van der Waals surface area contributed by atoms with Gasteiger partial charge in [-0.1, -0.05) is 259 Å². The van der Waals surface area contributed by atoms with Gasteiger partial charge in [-0.05, 0) is 31.1 Å². The third kappa shape index (κ3) is 45.9. The lowest BCUT2D eigenvalue weighted by Crippen LogP contribution is -2.30. The zero-order valence-corrected chi connectivity index (χ0v) is 41.1. The van der Waals surface area contributed by atoms with Crippen LogP contribution in [0.5, 0.6) is 0 Å². The van der Waals surface area contributed by atoms with E-state index in [1.54, 1.807) is 0 Å². The summed E-state index contributed by atoms with van der Waals surface area (Å²) in [6, 6.07) is 0. The Morgan fingerprint density at radius 3 is 0.950 bits per heavy atom. The molecule has 0 aromatic heterocycles. The topological polar surface area (TPSA) is 78.9 Å². The standard InChI is InChI=1S/C54H104O6/c1-6-8-9-10-11-12-13-19-24-29-34-39-44-52(55)58-47-51(60-54(57)46-41-36-31-26-21-22-27-32-37-42-49(3)4)48-59-53(56)45-40-35-30-25-20-17-15-14-16-18-23-28-33-38-43-50(5)7-2/h49-51H,6-48H2,1-5H3/t50?,51-/m0/s1. The van der Waals surface area contributed by atoms with Crippen molar-refractivity contribution in [2.24, 2.45) is 11.8 Å². The predicted octanol–water partition coefficient (Wildman–Crippen LogP) is 17.3. The smallest absolute Gasteiger partial charge is 0.306 e. The van der Waals surface area contributed by atoms with Crippen LogP contribution in [0.2, 0.25) is 0 Å². The first-order valence-electron chi connectivity index (χ1n) is 26.8. The summed E-state index contributed by atoms with van der Waals surface area (Å²) in [6.07, 6.45) is 48.0. The molecule has 6 heteroatoms. The highest BCUT2D eigenvalue weighted by Crippen LogP contribution is 2.18. The van der Waals surface area contributed by atoms with Crippen LogP contribution in [0, 0.1) is 11.8 Å². The van der Waals surface area contributed by atoms with Crippen molar-refractivity contribution in [2.45, 2.75) is 304 Å². The van der Waals surface area contributed by atoms with Crippen LogP contribution in [0.15, 0.2) is 0 Å². The summed E-state index contributed by atoms with van der Waals surface area (Å²) < 4.78 is 16.8. The molecule has 0 aromatic carbocycles. The van der Waals surface area contributed by atoms with Crippen molar-refractivity contribution >= 4 is 17.9 Å². The largest absolute Gasteiger partial charge is 0.462 e. The Morgan fingerprint density at radius 1 is 0.350 bits per heavy atom. The maximum atomic E-state index is 12.8. The van der Waals surface area contributed by atoms with Crippen molar-refractivity contribution < 1.29 is 28.6 Å². The first kappa shape index (κ1) is 58.4. The highest BCUT2D eigenvalue weighted by atomic mass is 16.6. The molecule has 0 aliphatic rings. The van der Waals surface area contributed by atoms with Gasteiger partial charge in [-0.2, -0.15) is 0 Å². The van der Waals surface area contributed by atoms with E-state index >= 15 is 0 Å². The van der Waals surface area contributed by atoms with E-state index in [0.29, 0.717) is 19.3 Å². The number of esters is 3. The zero-order valence-electron chi connectivity index (χ0n) is 41.1. The summed E-state index contributed by atoms with van der Waals surface area (Å²) in [5.41, 5.74) is 0. The molecule has 0 N–H and O–H groups in total. The molecule has 356 valence electrons. The van der Waals surface area contributed by atoms with Crippen LogP contribution in [0.25, 0.3) is 0 Å². The van der Waals surface area contributed by atoms with Gasteiger partial charge < -0.3 is 14.2 Å². The number of carbonyl (C=O) groups excluding carboxylic acids is 3. The minimum Gasteiger partial charge on any atom is -0.462 e. The Balaban J connectivity index is 4.27. The van der Waals surface area contributed by atoms with Crippen molar-refractivity contribution in [1.82, 2.24) is 0 Å². The maximum absolute atomic E-state index is 12.8. The van der Waals surface area contributed by atoms with Crippen LogP contribution in [-0.2, 0) is 28.6 Å². The van der Waals surface area contributed by atoms with Crippen molar-refractivity contribution in [2.75, 3.05) is 13.2 Å². The SMILES string of the molecule is CCCCCCCCCCCCCCC(=O)OC[C@@H](COC(=O)CCCCCCCCCCCCCCCCC(C)CC)OC(=O)CCCCCCCCCCCC(C)C. The second kappa shape index (κ2) is 46.9. The second-order valence-electron chi connectivity index (χ2n) is 19.2. The van der Waals surface area contributed by atoms with Crippen LogP contribution >= 0.6 is 0 Å². The van der Waals surface area contributed by atoms with E-state index in [1.165, 1.54) is 186 Å². The lowest BCUT2D eigenvalue weighted by Gasteiger charge is -2.18. The molecule has 0 saturated carbocycles. The third-order valence-electron chi connectivity index (χ3n) is 12.6. The molecular formula is C54H104O6. The lowest BCUT2D eigenvalue weighted by atomic mass is 9.99. The number of hydrogen-bond donors (Lipinski definition) is 0. The Bertz CT molecular complexity index is 918. The molecule has 0 aliphatic heterocycles. The Hall–Kier alpha value is -1.59. The van der Waals surface area contributed by atoms with Gasteiger partial charge in [-0.3, -0.25) is 14.4 Å². The van der Waals surface area contributed by atoms with E-state index in [-0.39, 0.29) is 31.1 Å². The molecule has 0 rings (SSSR count). The van der Waals surface area contributed by atoms with Crippen molar-refractivity contribution in [3.63, 3.8) is 0 Å². The summed E-state index contributed by atoms with van der Waals surface area (Å²) in [6.45, 7) is 11.4. The minimum absolute atomic E-state index is 0.0636. The van der Waals surface area contributed by atoms with Crippen LogP contribution in [-0.4, -0.2) is 37.2 Å². The summed E-state index contributed by atoms with van der Waals surface area (Å²) in [4.78, 5) is 38.0. The molecule has 6 nitrogen and oxygen atoms in total. The summed E-state index contributed by atoms with van der Waals surface area (Å²) in [7, 11) is 0. The fraction of sp³-hybridized carbons (Fsp3) is 0.944. The summed E-state index contributed by atoms with van der Waals surface area (Å²) in [5.74, 6) is 0.855. The van der Waals surface area contributed by atoms with Gasteiger partial charge in [-0.15, -0.1) is 0 Å². The molecule has 0 heterocycles. The van der Waals surface area contributed by atoms with Gasteiger partial charge in [0.15, 0.2) is 6.10 Å². The molecule has 0 radical (unpaired) electrons. The lowest BCUT2D eigenvalue weighted by molar-refractivity contribution is -0.167. The molecule has 1 unspecified atom stereocenters. The number of ether oxygens (including phenoxy) is 3. The summed E-state index contributed by atoms with van der Waals surface area (Å²) in [5, 5.41) is 0. The average Bonchev–Trinajstić information content (AvgIpc) is 3.23. The van der Waals surface area contributed by atoms with Crippen molar-refractivity contribution in [3.05, 3.63) is 0 Å². The number of carbonyl (C=O) groups is 3. The van der Waals surface area contributed by atoms with Crippen LogP contribution in [0.1, 0.15) is 298 Å². The first-order valence-corrected chi connectivity index (χ1v) is 26.8. The highest BCUT2D eigenvalue weighted by molar-refractivity contribution is 5.71. The molecular weight excluding hydrogens is 745 g/mol. The summed E-state index contributed by atoms with van der Waals surface area (Å²) >= 11 is 0. The van der Waals surface area contributed by atoms with Crippen molar-refractivity contribution in [3.8, 4) is 0 Å². The van der Waals surface area contributed by atoms with Gasteiger partial charge in [-0.25, -0.2) is 0 Å².